The van der Waals surface area contributed by atoms with E-state index in [0.29, 0.717) is 22.9 Å². The molecule has 0 radical (unpaired) electrons. The van der Waals surface area contributed by atoms with E-state index in [2.05, 4.69) is 16.7 Å². The topological polar surface area (TPSA) is 118 Å². The molecule has 0 unspecified atom stereocenters. The molecule has 1 aliphatic heterocycles. The van der Waals surface area contributed by atoms with Crippen LogP contribution in [0.25, 0.3) is 0 Å². The number of allylic oxidation sites excluding steroid dienone is 1. The highest BCUT2D eigenvalue weighted by molar-refractivity contribution is 8.03. The number of methoxy groups -OCH3 is 1. The zero-order valence-corrected chi connectivity index (χ0v) is 22.1. The van der Waals surface area contributed by atoms with Gasteiger partial charge in [0.2, 0.25) is 11.8 Å². The number of para-hydroxylation sites is 1. The van der Waals surface area contributed by atoms with Crippen molar-refractivity contribution in [2.45, 2.75) is 12.8 Å². The maximum Gasteiger partial charge on any atom is 0.319 e. The first kappa shape index (κ1) is 27.7. The number of ether oxygens (including phenoxy) is 2. The van der Waals surface area contributed by atoms with E-state index in [1.54, 1.807) is 31.2 Å². The van der Waals surface area contributed by atoms with Crippen LogP contribution in [0, 0.1) is 17.2 Å². The summed E-state index contributed by atoms with van der Waals surface area (Å²) in [6.07, 6.45) is 0. The predicted octanol–water partition coefficient (Wildman–Crippen LogP) is 5.16. The number of nitriles is 1. The van der Waals surface area contributed by atoms with Crippen LogP contribution in [0.5, 0.6) is 5.75 Å². The Morgan fingerprint density at radius 1 is 1.17 bits per heavy atom. The number of thioether (sulfide) groups is 1. The zero-order valence-electron chi connectivity index (χ0n) is 19.1. The molecule has 188 valence electrons. The molecule has 0 saturated heterocycles. The maximum absolute atomic E-state index is 13.0. The van der Waals surface area contributed by atoms with Gasteiger partial charge in [0.05, 0.1) is 56.9 Å². The lowest BCUT2D eigenvalue weighted by molar-refractivity contribution is -0.150. The molecule has 36 heavy (non-hydrogen) atoms. The fourth-order valence-electron chi connectivity index (χ4n) is 3.61. The molecule has 1 aliphatic rings. The Morgan fingerprint density at radius 2 is 1.83 bits per heavy atom. The second-order valence-corrected chi connectivity index (χ2v) is 9.59. The average molecular weight is 569 g/mol. The molecule has 12 heteroatoms. The van der Waals surface area contributed by atoms with Gasteiger partial charge in [-0.2, -0.15) is 5.26 Å². The standard InChI is InChI=1S/C24H20Cl3N3O5S/c1-3-35-21-15(26)8-12(9-16(21)27)19-13(10-28)23(30-22(32)20(19)24(33)34-2)36-11-18(31)29-17-7-5-4-6-14(17)25/h4-9,19-20H,3,11H2,1-2H3,(H,29,31)(H,30,32)/t19-,20+/m1/s1. The fourth-order valence-corrected chi connectivity index (χ4v) is 5.25. The molecule has 2 aromatic carbocycles. The minimum absolute atomic E-state index is 0.0526. The molecule has 2 N–H and O–H groups in total. The third-order valence-corrected chi connectivity index (χ3v) is 7.06. The fraction of sp³-hybridized carbons (Fsp3) is 0.250. The van der Waals surface area contributed by atoms with E-state index >= 15 is 0 Å². The number of carbonyl (C=O) groups is 3. The van der Waals surface area contributed by atoms with Crippen LogP contribution < -0.4 is 15.4 Å². The summed E-state index contributed by atoms with van der Waals surface area (Å²) in [5, 5.41) is 16.1. The number of anilines is 1. The van der Waals surface area contributed by atoms with Crippen LogP contribution in [0.1, 0.15) is 18.4 Å². The molecule has 1 heterocycles. The van der Waals surface area contributed by atoms with Crippen LogP contribution >= 0.6 is 46.6 Å². The van der Waals surface area contributed by atoms with Gasteiger partial charge in [0, 0.05) is 5.92 Å². The molecule has 3 rings (SSSR count). The van der Waals surface area contributed by atoms with Crippen molar-refractivity contribution in [3.05, 3.63) is 67.6 Å². The molecule has 0 aliphatic carbocycles. The van der Waals surface area contributed by atoms with Gasteiger partial charge in [0.15, 0.2) is 5.75 Å². The molecule has 0 spiro atoms. The second kappa shape index (κ2) is 12.4. The summed E-state index contributed by atoms with van der Waals surface area (Å²) in [6.45, 7) is 2.08. The van der Waals surface area contributed by atoms with E-state index in [-0.39, 0.29) is 32.1 Å². The lowest BCUT2D eigenvalue weighted by Crippen LogP contribution is -2.44. The first-order valence-electron chi connectivity index (χ1n) is 10.5. The highest BCUT2D eigenvalue weighted by Crippen LogP contribution is 2.44. The van der Waals surface area contributed by atoms with Crippen LogP contribution in [0.15, 0.2) is 47.0 Å². The van der Waals surface area contributed by atoms with E-state index in [9.17, 15) is 19.6 Å². The van der Waals surface area contributed by atoms with Gasteiger partial charge in [-0.25, -0.2) is 0 Å². The maximum atomic E-state index is 13.0. The summed E-state index contributed by atoms with van der Waals surface area (Å²) >= 11 is 19.7. The number of nitrogens with one attached hydrogen (secondary N) is 2. The molecule has 2 amide bonds. The number of hydrogen-bond acceptors (Lipinski definition) is 7. The Bertz CT molecular complexity index is 1250. The Labute approximate surface area is 226 Å². The number of benzene rings is 2. The van der Waals surface area contributed by atoms with Crippen LogP contribution in [-0.2, 0) is 19.1 Å². The van der Waals surface area contributed by atoms with Crippen molar-refractivity contribution in [3.8, 4) is 11.8 Å². The molecule has 0 saturated carbocycles. The Hall–Kier alpha value is -2.90. The Balaban J connectivity index is 1.98. The van der Waals surface area contributed by atoms with Gasteiger partial charge < -0.3 is 20.1 Å². The van der Waals surface area contributed by atoms with Gasteiger partial charge >= 0.3 is 5.97 Å². The summed E-state index contributed by atoms with van der Waals surface area (Å²) in [7, 11) is 1.14. The number of halogens is 3. The Kier molecular flexibility index (Phi) is 9.51. The van der Waals surface area contributed by atoms with Gasteiger partial charge in [-0.1, -0.05) is 58.7 Å². The summed E-state index contributed by atoms with van der Waals surface area (Å²) in [5.41, 5.74) is 0.819. The average Bonchev–Trinajstić information content (AvgIpc) is 2.85. The van der Waals surface area contributed by atoms with E-state index in [4.69, 9.17) is 44.3 Å². The number of hydrogen-bond donors (Lipinski definition) is 2. The molecule has 2 atom stereocenters. The summed E-state index contributed by atoms with van der Waals surface area (Å²) < 4.78 is 10.3. The summed E-state index contributed by atoms with van der Waals surface area (Å²) in [5.74, 6) is -4.29. The molecule has 8 nitrogen and oxygen atoms in total. The first-order chi connectivity index (χ1) is 17.2. The van der Waals surface area contributed by atoms with Gasteiger partial charge in [0.25, 0.3) is 0 Å². The Morgan fingerprint density at radius 3 is 2.42 bits per heavy atom. The molecular formula is C24H20Cl3N3O5S. The summed E-state index contributed by atoms with van der Waals surface area (Å²) in [6, 6.07) is 11.8. The number of nitrogens with zero attached hydrogens (tertiary/aromatic N) is 1. The van der Waals surface area contributed by atoms with Crippen molar-refractivity contribution < 1.29 is 23.9 Å². The van der Waals surface area contributed by atoms with Gasteiger partial charge in [-0.05, 0) is 36.8 Å². The van der Waals surface area contributed by atoms with Gasteiger partial charge in [0.1, 0.15) is 5.92 Å². The normalized spacial score (nSPS) is 17.2. The van der Waals surface area contributed by atoms with Gasteiger partial charge in [-0.15, -0.1) is 0 Å². The third kappa shape index (κ3) is 6.08. The summed E-state index contributed by atoms with van der Waals surface area (Å²) in [4.78, 5) is 38.1. The number of carbonyl (C=O) groups excluding carboxylic acids is 3. The molecule has 0 aromatic heterocycles. The van der Waals surface area contributed by atoms with Gasteiger partial charge in [-0.3, -0.25) is 14.4 Å². The van der Waals surface area contributed by atoms with Crippen LogP contribution in [0.2, 0.25) is 15.1 Å². The monoisotopic (exact) mass is 567 g/mol. The zero-order chi connectivity index (χ0) is 26.4. The lowest BCUT2D eigenvalue weighted by atomic mass is 9.78. The molecule has 0 bridgehead atoms. The first-order valence-corrected chi connectivity index (χ1v) is 12.7. The van der Waals surface area contributed by atoms with Crippen molar-refractivity contribution >= 4 is 70.0 Å². The second-order valence-electron chi connectivity index (χ2n) is 7.39. The highest BCUT2D eigenvalue weighted by Gasteiger charge is 2.44. The van der Waals surface area contributed by atoms with Crippen LogP contribution in [0.3, 0.4) is 0 Å². The molecule has 0 fully saturated rings. The van der Waals surface area contributed by atoms with Crippen LogP contribution in [0.4, 0.5) is 5.69 Å². The molecule has 2 aromatic rings. The third-order valence-electron chi connectivity index (χ3n) is 5.15. The predicted molar refractivity (Wildman–Crippen MR) is 139 cm³/mol. The lowest BCUT2D eigenvalue weighted by Gasteiger charge is -2.31. The number of esters is 1. The molecular weight excluding hydrogens is 549 g/mol. The van der Waals surface area contributed by atoms with E-state index in [1.807, 2.05) is 0 Å². The van der Waals surface area contributed by atoms with E-state index in [1.165, 1.54) is 12.1 Å². The number of amides is 2. The van der Waals surface area contributed by atoms with Crippen LogP contribution in [-0.4, -0.2) is 37.3 Å². The minimum Gasteiger partial charge on any atom is -0.491 e. The SMILES string of the molecule is CCOc1c(Cl)cc([C@@H]2C(C#N)=C(SCC(=O)Nc3ccccc3Cl)NC(=O)[C@H]2C(=O)OC)cc1Cl. The van der Waals surface area contributed by atoms with Crippen molar-refractivity contribution in [3.63, 3.8) is 0 Å². The van der Waals surface area contributed by atoms with E-state index in [0.717, 1.165) is 18.9 Å². The van der Waals surface area contributed by atoms with E-state index < -0.39 is 29.6 Å². The van der Waals surface area contributed by atoms with Crippen molar-refractivity contribution in [2.24, 2.45) is 5.92 Å². The smallest absolute Gasteiger partial charge is 0.319 e. The minimum atomic E-state index is -1.38. The number of rotatable bonds is 8. The van der Waals surface area contributed by atoms with Crippen molar-refractivity contribution in [2.75, 3.05) is 24.8 Å². The van der Waals surface area contributed by atoms with Crippen molar-refractivity contribution in [1.29, 1.82) is 5.26 Å². The van der Waals surface area contributed by atoms with Crippen molar-refractivity contribution in [1.82, 2.24) is 5.32 Å². The highest BCUT2D eigenvalue weighted by atomic mass is 35.5. The largest absolute Gasteiger partial charge is 0.491 e. The quantitative estimate of drug-likeness (QED) is 0.334.